The maximum absolute atomic E-state index is 13.1. The minimum atomic E-state index is -3.88. The molecule has 0 saturated heterocycles. The summed E-state index contributed by atoms with van der Waals surface area (Å²) in [5.74, 6) is 1.54. The first-order valence-electron chi connectivity index (χ1n) is 8.50. The van der Waals surface area contributed by atoms with Crippen LogP contribution in [0.1, 0.15) is 11.1 Å². The fourth-order valence-electron chi connectivity index (χ4n) is 2.93. The van der Waals surface area contributed by atoms with Crippen molar-refractivity contribution < 1.29 is 17.9 Å². The van der Waals surface area contributed by atoms with Crippen LogP contribution in [0.4, 0.5) is 5.69 Å². The molecule has 0 spiro atoms. The van der Waals surface area contributed by atoms with E-state index in [0.717, 1.165) is 0 Å². The number of halogens is 1. The normalized spacial score (nSPS) is 11.1. The molecule has 0 saturated carbocycles. The van der Waals surface area contributed by atoms with Crippen LogP contribution in [0.2, 0.25) is 5.02 Å². The van der Waals surface area contributed by atoms with Gasteiger partial charge in [0.2, 0.25) is 0 Å². The number of para-hydroxylation sites is 1. The SMILES string of the molecule is COc1cc(C)c(S(=O)(=O)Nc2cc(Cl)ccc2Oc2ccccc2)c(C)c1. The minimum Gasteiger partial charge on any atom is -0.497 e. The number of aryl methyl sites for hydroxylation is 2. The van der Waals surface area contributed by atoms with Gasteiger partial charge in [0, 0.05) is 5.02 Å². The van der Waals surface area contributed by atoms with Gasteiger partial charge >= 0.3 is 0 Å². The number of anilines is 1. The van der Waals surface area contributed by atoms with E-state index in [-0.39, 0.29) is 10.6 Å². The van der Waals surface area contributed by atoms with Gasteiger partial charge in [-0.2, -0.15) is 0 Å². The van der Waals surface area contributed by atoms with E-state index in [1.54, 1.807) is 57.4 Å². The predicted molar refractivity (Wildman–Crippen MR) is 111 cm³/mol. The average Bonchev–Trinajstić information content (AvgIpc) is 2.63. The molecule has 0 aromatic heterocycles. The molecule has 0 amide bonds. The Labute approximate surface area is 169 Å². The minimum absolute atomic E-state index is 0.193. The monoisotopic (exact) mass is 417 g/mol. The van der Waals surface area contributed by atoms with Crippen molar-refractivity contribution in [3.63, 3.8) is 0 Å². The summed E-state index contributed by atoms with van der Waals surface area (Å²) in [7, 11) is -2.33. The molecule has 0 fully saturated rings. The zero-order valence-electron chi connectivity index (χ0n) is 15.7. The van der Waals surface area contributed by atoms with Crippen LogP contribution in [0, 0.1) is 13.8 Å². The van der Waals surface area contributed by atoms with Gasteiger partial charge in [0.15, 0.2) is 5.75 Å². The number of benzene rings is 3. The Bertz CT molecular complexity index is 1080. The van der Waals surface area contributed by atoms with Crippen molar-refractivity contribution in [1.29, 1.82) is 0 Å². The molecular weight excluding hydrogens is 398 g/mol. The van der Waals surface area contributed by atoms with Gasteiger partial charge in [0.1, 0.15) is 11.5 Å². The summed E-state index contributed by atoms with van der Waals surface area (Å²) in [5, 5.41) is 0.390. The molecule has 7 heteroatoms. The summed E-state index contributed by atoms with van der Waals surface area (Å²) in [6, 6.07) is 17.2. The lowest BCUT2D eigenvalue weighted by atomic mass is 10.1. The lowest BCUT2D eigenvalue weighted by molar-refractivity contribution is 0.413. The topological polar surface area (TPSA) is 64.6 Å². The molecule has 3 aromatic carbocycles. The van der Waals surface area contributed by atoms with Crippen molar-refractivity contribution in [1.82, 2.24) is 0 Å². The lowest BCUT2D eigenvalue weighted by Crippen LogP contribution is -2.16. The number of ether oxygens (including phenoxy) is 2. The van der Waals surface area contributed by atoms with E-state index in [2.05, 4.69) is 4.72 Å². The molecule has 28 heavy (non-hydrogen) atoms. The number of nitrogens with one attached hydrogen (secondary N) is 1. The third-order valence-electron chi connectivity index (χ3n) is 4.10. The predicted octanol–water partition coefficient (Wildman–Crippen LogP) is 5.56. The number of sulfonamides is 1. The number of methoxy groups -OCH3 is 1. The first-order chi connectivity index (χ1) is 13.3. The highest BCUT2D eigenvalue weighted by Crippen LogP contribution is 2.35. The standard InChI is InChI=1S/C21H20ClNO4S/c1-14-11-18(26-3)12-15(2)21(14)28(24,25)23-19-13-16(22)9-10-20(19)27-17-7-5-4-6-8-17/h4-13,23H,1-3H3. The van der Waals surface area contributed by atoms with Crippen LogP contribution in [0.3, 0.4) is 0 Å². The molecule has 3 aromatic rings. The smallest absolute Gasteiger partial charge is 0.262 e. The lowest BCUT2D eigenvalue weighted by Gasteiger charge is -2.17. The molecule has 0 heterocycles. The van der Waals surface area contributed by atoms with Crippen LogP contribution in [0.25, 0.3) is 0 Å². The molecule has 0 aliphatic carbocycles. The second kappa shape index (κ2) is 8.12. The quantitative estimate of drug-likeness (QED) is 0.570. The van der Waals surface area contributed by atoms with Gasteiger partial charge in [-0.15, -0.1) is 0 Å². The molecular formula is C21H20ClNO4S. The molecule has 0 atom stereocenters. The summed E-state index contributed by atoms with van der Waals surface area (Å²) in [4.78, 5) is 0.193. The van der Waals surface area contributed by atoms with Gasteiger partial charge in [-0.3, -0.25) is 4.72 Å². The Morgan fingerprint density at radius 3 is 2.14 bits per heavy atom. The summed E-state index contributed by atoms with van der Waals surface area (Å²) in [6.45, 7) is 3.45. The summed E-state index contributed by atoms with van der Waals surface area (Å²) in [5.41, 5.74) is 1.42. The van der Waals surface area contributed by atoms with Gasteiger partial charge in [0.05, 0.1) is 17.7 Å². The fourth-order valence-corrected chi connectivity index (χ4v) is 4.62. The second-order valence-electron chi connectivity index (χ2n) is 6.25. The van der Waals surface area contributed by atoms with Crippen molar-refractivity contribution >= 4 is 27.3 Å². The van der Waals surface area contributed by atoms with Crippen LogP contribution in [0.15, 0.2) is 65.6 Å². The third-order valence-corrected chi connectivity index (χ3v) is 6.00. The van der Waals surface area contributed by atoms with Gasteiger partial charge in [0.25, 0.3) is 10.0 Å². The van der Waals surface area contributed by atoms with Crippen LogP contribution < -0.4 is 14.2 Å². The summed E-state index contributed by atoms with van der Waals surface area (Å²) in [6.07, 6.45) is 0. The van der Waals surface area contributed by atoms with E-state index >= 15 is 0 Å². The Balaban J connectivity index is 2.00. The van der Waals surface area contributed by atoms with Crippen molar-refractivity contribution in [2.75, 3.05) is 11.8 Å². The molecule has 0 radical (unpaired) electrons. The second-order valence-corrected chi connectivity index (χ2v) is 8.31. The van der Waals surface area contributed by atoms with Crippen LogP contribution in [0.5, 0.6) is 17.2 Å². The first kappa shape index (κ1) is 20.0. The Morgan fingerprint density at radius 2 is 1.54 bits per heavy atom. The number of hydrogen-bond acceptors (Lipinski definition) is 4. The van der Waals surface area contributed by atoms with Crippen molar-refractivity contribution in [3.05, 3.63) is 76.8 Å². The van der Waals surface area contributed by atoms with E-state index in [0.29, 0.717) is 33.4 Å². The van der Waals surface area contributed by atoms with E-state index in [4.69, 9.17) is 21.1 Å². The Kier molecular flexibility index (Phi) is 5.82. The Hall–Kier alpha value is -2.70. The van der Waals surface area contributed by atoms with E-state index < -0.39 is 10.0 Å². The maximum Gasteiger partial charge on any atom is 0.262 e. The van der Waals surface area contributed by atoms with Crippen LogP contribution >= 0.6 is 11.6 Å². The molecule has 0 aliphatic heterocycles. The highest BCUT2D eigenvalue weighted by molar-refractivity contribution is 7.92. The van der Waals surface area contributed by atoms with Gasteiger partial charge < -0.3 is 9.47 Å². The van der Waals surface area contributed by atoms with Crippen molar-refractivity contribution in [2.24, 2.45) is 0 Å². The number of rotatable bonds is 6. The van der Waals surface area contributed by atoms with Gasteiger partial charge in [-0.25, -0.2) is 8.42 Å². The van der Waals surface area contributed by atoms with Crippen molar-refractivity contribution in [2.45, 2.75) is 18.7 Å². The highest BCUT2D eigenvalue weighted by atomic mass is 35.5. The first-order valence-corrected chi connectivity index (χ1v) is 10.4. The molecule has 0 bridgehead atoms. The molecule has 0 aliphatic rings. The Morgan fingerprint density at radius 1 is 0.893 bits per heavy atom. The molecule has 3 rings (SSSR count). The van der Waals surface area contributed by atoms with Crippen molar-refractivity contribution in [3.8, 4) is 17.2 Å². The largest absolute Gasteiger partial charge is 0.497 e. The van der Waals surface area contributed by atoms with E-state index in [1.807, 2.05) is 18.2 Å². The van der Waals surface area contributed by atoms with Gasteiger partial charge in [-0.05, 0) is 67.4 Å². The van der Waals surface area contributed by atoms with Gasteiger partial charge in [-0.1, -0.05) is 29.8 Å². The molecule has 146 valence electrons. The fraction of sp³-hybridized carbons (Fsp3) is 0.143. The van der Waals surface area contributed by atoms with E-state index in [1.165, 1.54) is 6.07 Å². The molecule has 0 unspecified atom stereocenters. The highest BCUT2D eigenvalue weighted by Gasteiger charge is 2.22. The zero-order valence-corrected chi connectivity index (χ0v) is 17.3. The molecule has 5 nitrogen and oxygen atoms in total. The van der Waals surface area contributed by atoms with Crippen LogP contribution in [-0.4, -0.2) is 15.5 Å². The average molecular weight is 418 g/mol. The van der Waals surface area contributed by atoms with Crippen LogP contribution in [-0.2, 0) is 10.0 Å². The maximum atomic E-state index is 13.1. The molecule has 1 N–H and O–H groups in total. The number of hydrogen-bond donors (Lipinski definition) is 1. The zero-order chi connectivity index (χ0) is 20.3. The third kappa shape index (κ3) is 4.40. The summed E-state index contributed by atoms with van der Waals surface area (Å²) >= 11 is 6.09. The van der Waals surface area contributed by atoms with E-state index in [9.17, 15) is 8.42 Å². The summed E-state index contributed by atoms with van der Waals surface area (Å²) < 4.78 is 39.9.